The molecule has 0 aliphatic rings. The second-order valence-electron chi connectivity index (χ2n) is 4.47. The number of esters is 2. The maximum Gasteiger partial charge on any atom is 0.349 e. The number of thiophene rings is 2. The molecule has 0 saturated carbocycles. The Kier molecular flexibility index (Phi) is 3.65. The van der Waals surface area contributed by atoms with Gasteiger partial charge in [-0.25, -0.2) is 9.59 Å². The molecule has 1 aromatic carbocycles. The Hall–Kier alpha value is -1.92. The highest BCUT2D eigenvalue weighted by Gasteiger charge is 2.21. The van der Waals surface area contributed by atoms with E-state index in [-0.39, 0.29) is 0 Å². The molecule has 3 rings (SSSR count). The Morgan fingerprint density at radius 2 is 1.90 bits per heavy atom. The van der Waals surface area contributed by atoms with Gasteiger partial charge in [0.15, 0.2) is 6.10 Å². The third-order valence-electron chi connectivity index (χ3n) is 3.07. The van der Waals surface area contributed by atoms with Gasteiger partial charge in [0.2, 0.25) is 0 Å². The summed E-state index contributed by atoms with van der Waals surface area (Å²) in [6, 6.07) is 9.89. The summed E-state index contributed by atoms with van der Waals surface area (Å²) in [4.78, 5) is 23.8. The van der Waals surface area contributed by atoms with Gasteiger partial charge < -0.3 is 9.47 Å². The van der Waals surface area contributed by atoms with E-state index in [1.165, 1.54) is 30.1 Å². The van der Waals surface area contributed by atoms with Crippen LogP contribution in [0.1, 0.15) is 16.6 Å². The van der Waals surface area contributed by atoms with Crippen LogP contribution in [0.3, 0.4) is 0 Å². The molecule has 0 saturated heterocycles. The van der Waals surface area contributed by atoms with Gasteiger partial charge >= 0.3 is 11.9 Å². The molecular weight excluding hydrogens is 308 g/mol. The van der Waals surface area contributed by atoms with Crippen molar-refractivity contribution in [1.29, 1.82) is 0 Å². The maximum absolute atomic E-state index is 12.1. The fourth-order valence-corrected chi connectivity index (χ4v) is 4.44. The first-order valence-corrected chi connectivity index (χ1v) is 7.93. The van der Waals surface area contributed by atoms with Crippen LogP contribution in [0.15, 0.2) is 30.3 Å². The standard InChI is InChI=1S/C15H12O4S2/c1-8(14(16)18-2)19-15(17)12-7-11-13(21-12)9-5-3-4-6-10(9)20-11/h3-8H,1-2H3/t8-/m1/s1. The van der Waals surface area contributed by atoms with Crippen LogP contribution >= 0.6 is 22.7 Å². The molecule has 6 heteroatoms. The first kappa shape index (κ1) is 14.0. The largest absolute Gasteiger partial charge is 0.466 e. The van der Waals surface area contributed by atoms with Crippen LogP contribution in [0.4, 0.5) is 0 Å². The fourth-order valence-electron chi connectivity index (χ4n) is 2.03. The van der Waals surface area contributed by atoms with Crippen molar-refractivity contribution < 1.29 is 19.1 Å². The normalized spacial score (nSPS) is 12.5. The third-order valence-corrected chi connectivity index (χ3v) is 5.46. The van der Waals surface area contributed by atoms with Crippen molar-refractivity contribution in [1.82, 2.24) is 0 Å². The quantitative estimate of drug-likeness (QED) is 0.688. The summed E-state index contributed by atoms with van der Waals surface area (Å²) in [5.41, 5.74) is 0. The molecule has 0 aliphatic heterocycles. The minimum atomic E-state index is -0.903. The highest BCUT2D eigenvalue weighted by molar-refractivity contribution is 7.33. The van der Waals surface area contributed by atoms with Gasteiger partial charge in [0.25, 0.3) is 0 Å². The number of fused-ring (bicyclic) bond motifs is 3. The summed E-state index contributed by atoms with van der Waals surface area (Å²) >= 11 is 3.03. The number of hydrogen-bond donors (Lipinski definition) is 0. The van der Waals surface area contributed by atoms with Gasteiger partial charge in [-0.15, -0.1) is 22.7 Å². The van der Waals surface area contributed by atoms with E-state index in [1.54, 1.807) is 11.3 Å². The smallest absolute Gasteiger partial charge is 0.349 e. The van der Waals surface area contributed by atoms with Gasteiger partial charge in [-0.2, -0.15) is 0 Å². The number of benzene rings is 1. The minimum absolute atomic E-state index is 0.495. The minimum Gasteiger partial charge on any atom is -0.466 e. The first-order valence-electron chi connectivity index (χ1n) is 6.30. The maximum atomic E-state index is 12.1. The molecule has 0 radical (unpaired) electrons. The van der Waals surface area contributed by atoms with E-state index in [0.29, 0.717) is 4.88 Å². The monoisotopic (exact) mass is 320 g/mol. The molecule has 0 amide bonds. The Morgan fingerprint density at radius 3 is 2.67 bits per heavy atom. The van der Waals surface area contributed by atoms with Crippen LogP contribution in [0.5, 0.6) is 0 Å². The highest BCUT2D eigenvalue weighted by atomic mass is 32.1. The van der Waals surface area contributed by atoms with Gasteiger partial charge in [-0.3, -0.25) is 0 Å². The molecule has 2 aromatic heterocycles. The number of hydrogen-bond acceptors (Lipinski definition) is 6. The van der Waals surface area contributed by atoms with Gasteiger partial charge in [-0.1, -0.05) is 18.2 Å². The summed E-state index contributed by atoms with van der Waals surface area (Å²) in [7, 11) is 1.26. The molecule has 0 aliphatic carbocycles. The van der Waals surface area contributed by atoms with Crippen LogP contribution in [-0.4, -0.2) is 25.2 Å². The molecule has 2 heterocycles. The predicted octanol–water partition coefficient (Wildman–Crippen LogP) is 3.83. The lowest BCUT2D eigenvalue weighted by molar-refractivity contribution is -0.149. The first-order chi connectivity index (χ1) is 10.1. The van der Waals surface area contributed by atoms with Crippen LogP contribution in [0.2, 0.25) is 0 Å². The van der Waals surface area contributed by atoms with Crippen molar-refractivity contribution in [2.45, 2.75) is 13.0 Å². The zero-order valence-corrected chi connectivity index (χ0v) is 13.0. The summed E-state index contributed by atoms with van der Waals surface area (Å²) < 4.78 is 13.0. The topological polar surface area (TPSA) is 52.6 Å². The Labute approximate surface area is 128 Å². The van der Waals surface area contributed by atoms with Gasteiger partial charge in [0.1, 0.15) is 4.88 Å². The lowest BCUT2D eigenvalue weighted by Crippen LogP contribution is -2.24. The van der Waals surface area contributed by atoms with Crippen molar-refractivity contribution in [3.05, 3.63) is 35.2 Å². The van der Waals surface area contributed by atoms with Crippen molar-refractivity contribution in [3.63, 3.8) is 0 Å². The summed E-state index contributed by atoms with van der Waals surface area (Å²) in [5.74, 6) is -1.06. The lowest BCUT2D eigenvalue weighted by Gasteiger charge is -2.09. The average Bonchev–Trinajstić information content (AvgIpc) is 3.03. The van der Waals surface area contributed by atoms with E-state index >= 15 is 0 Å². The van der Waals surface area contributed by atoms with E-state index < -0.39 is 18.0 Å². The fraction of sp³-hybridized carbons (Fsp3) is 0.200. The molecule has 108 valence electrons. The molecule has 0 unspecified atom stereocenters. The number of carbonyl (C=O) groups excluding carboxylic acids is 2. The Morgan fingerprint density at radius 1 is 1.14 bits per heavy atom. The number of methoxy groups -OCH3 is 1. The number of rotatable bonds is 3. The van der Waals surface area contributed by atoms with Crippen molar-refractivity contribution in [3.8, 4) is 0 Å². The zero-order chi connectivity index (χ0) is 15.0. The molecular formula is C15H12O4S2. The zero-order valence-electron chi connectivity index (χ0n) is 11.4. The van der Waals surface area contributed by atoms with E-state index in [2.05, 4.69) is 10.8 Å². The third kappa shape index (κ3) is 2.52. The van der Waals surface area contributed by atoms with Crippen LogP contribution < -0.4 is 0 Å². The van der Waals surface area contributed by atoms with Crippen LogP contribution in [0.25, 0.3) is 19.5 Å². The second kappa shape index (κ2) is 5.46. The van der Waals surface area contributed by atoms with E-state index in [4.69, 9.17) is 4.74 Å². The van der Waals surface area contributed by atoms with Crippen molar-refractivity contribution in [2.75, 3.05) is 7.11 Å². The van der Waals surface area contributed by atoms with Crippen LogP contribution in [0, 0.1) is 0 Å². The average molecular weight is 320 g/mol. The SMILES string of the molecule is COC(=O)[C@@H](C)OC(=O)c1cc2sc3ccccc3c2s1. The molecule has 4 nitrogen and oxygen atoms in total. The van der Waals surface area contributed by atoms with Crippen molar-refractivity contribution in [2.24, 2.45) is 0 Å². The molecule has 0 bridgehead atoms. The van der Waals surface area contributed by atoms with Crippen LogP contribution in [-0.2, 0) is 14.3 Å². The van der Waals surface area contributed by atoms with Gasteiger partial charge in [0, 0.05) is 14.8 Å². The number of carbonyl (C=O) groups is 2. The van der Waals surface area contributed by atoms with Crippen molar-refractivity contribution >= 4 is 54.1 Å². The molecule has 3 aromatic rings. The Balaban J connectivity index is 1.91. The Bertz CT molecular complexity index is 831. The highest BCUT2D eigenvalue weighted by Crippen LogP contribution is 2.39. The summed E-state index contributed by atoms with van der Waals surface area (Å²) in [5, 5.41) is 1.14. The summed E-state index contributed by atoms with van der Waals surface area (Å²) in [6.45, 7) is 1.50. The lowest BCUT2D eigenvalue weighted by atomic mass is 10.2. The van der Waals surface area contributed by atoms with Gasteiger partial charge in [-0.05, 0) is 19.1 Å². The molecule has 0 N–H and O–H groups in total. The van der Waals surface area contributed by atoms with E-state index in [9.17, 15) is 9.59 Å². The second-order valence-corrected chi connectivity index (χ2v) is 6.61. The van der Waals surface area contributed by atoms with Gasteiger partial charge in [0.05, 0.1) is 11.8 Å². The molecule has 21 heavy (non-hydrogen) atoms. The molecule has 0 fully saturated rings. The van der Waals surface area contributed by atoms with E-state index in [1.807, 2.05) is 24.3 Å². The molecule has 0 spiro atoms. The summed E-state index contributed by atoms with van der Waals surface area (Å²) in [6.07, 6.45) is -0.903. The predicted molar refractivity (Wildman–Crippen MR) is 84.1 cm³/mol. The number of ether oxygens (including phenoxy) is 2. The molecule has 1 atom stereocenters. The van der Waals surface area contributed by atoms with E-state index in [0.717, 1.165) is 14.8 Å².